The van der Waals surface area contributed by atoms with Crippen molar-refractivity contribution in [3.05, 3.63) is 69.2 Å². The Labute approximate surface area is 276 Å². The van der Waals surface area contributed by atoms with Crippen LogP contribution in [0.5, 0.6) is 0 Å². The predicted octanol–water partition coefficient (Wildman–Crippen LogP) is 7.35. The molecule has 0 N–H and O–H groups in total. The van der Waals surface area contributed by atoms with Crippen molar-refractivity contribution in [1.82, 2.24) is 9.80 Å². The highest BCUT2D eigenvalue weighted by Gasteiger charge is 2.50. The van der Waals surface area contributed by atoms with Crippen molar-refractivity contribution < 1.29 is 28.6 Å². The molecule has 0 spiro atoms. The van der Waals surface area contributed by atoms with Gasteiger partial charge in [-0.3, -0.25) is 0 Å². The second-order valence-corrected chi connectivity index (χ2v) is 15.2. The van der Waals surface area contributed by atoms with Gasteiger partial charge in [-0.15, -0.1) is 0 Å². The third-order valence-electron chi connectivity index (χ3n) is 9.42. The predicted molar refractivity (Wildman–Crippen MR) is 174 cm³/mol. The quantitative estimate of drug-likeness (QED) is 0.228. The third kappa shape index (κ3) is 7.61. The van der Waals surface area contributed by atoms with Crippen molar-refractivity contribution in [3.8, 4) is 0 Å². The zero-order chi connectivity index (χ0) is 32.6. The summed E-state index contributed by atoms with van der Waals surface area (Å²) in [7, 11) is 0. The molecule has 8 nitrogen and oxygen atoms in total. The minimum Gasteiger partial charge on any atom is -0.444 e. The summed E-state index contributed by atoms with van der Waals surface area (Å²) in [5.74, 6) is 0. The lowest BCUT2D eigenvalue weighted by Gasteiger charge is -2.42. The number of amides is 2. The topological polar surface area (TPSA) is 88.7 Å². The molecule has 3 heterocycles. The van der Waals surface area contributed by atoms with Crippen LogP contribution in [-0.4, -0.2) is 78.4 Å². The van der Waals surface area contributed by atoms with E-state index in [2.05, 4.69) is 12.1 Å². The van der Waals surface area contributed by atoms with Crippen LogP contribution < -0.4 is 0 Å². The molecule has 10 heteroatoms. The van der Waals surface area contributed by atoms with Crippen molar-refractivity contribution in [2.24, 2.45) is 0 Å². The van der Waals surface area contributed by atoms with Crippen molar-refractivity contribution in [1.29, 1.82) is 0 Å². The number of rotatable bonds is 7. The first kappa shape index (κ1) is 33.6. The molecule has 0 aliphatic carbocycles. The molecule has 2 aromatic rings. The Morgan fingerprint density at radius 2 is 1.40 bits per heavy atom. The highest BCUT2D eigenvalue weighted by molar-refractivity contribution is 6.31. The number of likely N-dealkylation sites (tertiary alicyclic amines) is 2. The Morgan fingerprint density at radius 3 is 1.93 bits per heavy atom. The Bertz CT molecular complexity index is 1400. The molecular formula is C35H44Cl2N2O6. The van der Waals surface area contributed by atoms with E-state index in [1.54, 1.807) is 15.9 Å². The minimum absolute atomic E-state index is 0.136. The number of hydrogen-bond donors (Lipinski definition) is 0. The van der Waals surface area contributed by atoms with E-state index >= 15 is 0 Å². The van der Waals surface area contributed by atoms with E-state index in [0.717, 1.165) is 36.9 Å². The lowest BCUT2D eigenvalue weighted by Crippen LogP contribution is -2.49. The zero-order valence-corrected chi connectivity index (χ0v) is 28.4. The number of aldehydes is 1. The monoisotopic (exact) mass is 658 g/mol. The summed E-state index contributed by atoms with van der Waals surface area (Å²) in [6.07, 6.45) is 3.32. The van der Waals surface area contributed by atoms with Gasteiger partial charge in [-0.05, 0) is 95.2 Å². The molecule has 0 radical (unpaired) electrons. The van der Waals surface area contributed by atoms with Gasteiger partial charge in [0.2, 0.25) is 0 Å². The van der Waals surface area contributed by atoms with E-state index in [-0.39, 0.29) is 23.7 Å². The number of halogens is 2. The maximum atomic E-state index is 13.4. The summed E-state index contributed by atoms with van der Waals surface area (Å²) in [6.45, 7) is 12.0. The van der Waals surface area contributed by atoms with Crippen LogP contribution in [-0.2, 0) is 36.3 Å². The average Bonchev–Trinajstić information content (AvgIpc) is 3.84. The van der Waals surface area contributed by atoms with Crippen LogP contribution in [0.15, 0.2) is 42.5 Å². The van der Waals surface area contributed by atoms with Gasteiger partial charge in [-0.25, -0.2) is 9.59 Å². The van der Waals surface area contributed by atoms with E-state index in [4.69, 9.17) is 37.4 Å². The van der Waals surface area contributed by atoms with Crippen LogP contribution in [0.25, 0.3) is 0 Å². The first-order chi connectivity index (χ1) is 21.2. The van der Waals surface area contributed by atoms with Crippen LogP contribution in [0, 0.1) is 0 Å². The van der Waals surface area contributed by atoms with Gasteiger partial charge in [0.1, 0.15) is 17.5 Å². The van der Waals surface area contributed by atoms with E-state index in [1.165, 1.54) is 5.56 Å². The number of nitrogens with zero attached hydrogens (tertiary/aromatic N) is 2. The van der Waals surface area contributed by atoms with Crippen molar-refractivity contribution in [2.75, 3.05) is 32.8 Å². The maximum Gasteiger partial charge on any atom is 0.410 e. The van der Waals surface area contributed by atoms with Gasteiger partial charge >= 0.3 is 12.2 Å². The number of epoxide rings is 1. The van der Waals surface area contributed by atoms with Crippen molar-refractivity contribution >= 4 is 41.7 Å². The summed E-state index contributed by atoms with van der Waals surface area (Å²) >= 11 is 12.8. The molecule has 1 unspecified atom stereocenters. The number of ether oxygens (including phenoxy) is 3. The van der Waals surface area contributed by atoms with Crippen molar-refractivity contribution in [3.63, 3.8) is 0 Å². The summed E-state index contributed by atoms with van der Waals surface area (Å²) < 4.78 is 17.4. The second kappa shape index (κ2) is 12.8. The molecule has 3 aliphatic heterocycles. The van der Waals surface area contributed by atoms with Gasteiger partial charge < -0.3 is 28.8 Å². The molecule has 3 aliphatic rings. The molecule has 244 valence electrons. The second-order valence-electron chi connectivity index (χ2n) is 14.3. The number of carbonyl (C=O) groups is 3. The first-order valence-electron chi connectivity index (χ1n) is 15.7. The summed E-state index contributed by atoms with van der Waals surface area (Å²) in [5.41, 5.74) is 0.531. The minimum atomic E-state index is -0.849. The molecule has 45 heavy (non-hydrogen) atoms. The summed E-state index contributed by atoms with van der Waals surface area (Å²) in [4.78, 5) is 41.9. The fraction of sp³-hybridized carbons (Fsp3) is 0.571. The number of carbonyl (C=O) groups excluding carboxylic acids is 3. The van der Waals surface area contributed by atoms with Gasteiger partial charge in [-0.1, -0.05) is 47.5 Å². The molecule has 1 atom stereocenters. The molecule has 0 aromatic heterocycles. The van der Waals surface area contributed by atoms with Gasteiger partial charge in [0.15, 0.2) is 0 Å². The highest BCUT2D eigenvalue weighted by Crippen LogP contribution is 2.45. The Hall–Kier alpha value is -2.81. The largest absolute Gasteiger partial charge is 0.444 e. The van der Waals surface area contributed by atoms with Crippen LogP contribution in [0.3, 0.4) is 0 Å². The van der Waals surface area contributed by atoms with Crippen LogP contribution >= 0.6 is 23.2 Å². The normalized spacial score (nSPS) is 21.2. The number of hydrogen-bond acceptors (Lipinski definition) is 6. The van der Waals surface area contributed by atoms with Crippen LogP contribution in [0.4, 0.5) is 9.59 Å². The fourth-order valence-corrected chi connectivity index (χ4v) is 7.05. The van der Waals surface area contributed by atoms with E-state index in [1.807, 2.05) is 58.9 Å². The smallest absolute Gasteiger partial charge is 0.410 e. The van der Waals surface area contributed by atoms with Gasteiger partial charge in [0.05, 0.1) is 18.1 Å². The van der Waals surface area contributed by atoms with Crippen LogP contribution in [0.2, 0.25) is 10.0 Å². The molecule has 3 saturated heterocycles. The average molecular weight is 660 g/mol. The molecule has 5 rings (SSSR count). The molecule has 0 saturated carbocycles. The number of benzene rings is 2. The molecule has 2 amide bonds. The lowest BCUT2D eigenvalue weighted by atomic mass is 9.70. The SMILES string of the molecule is CC(C)(C)OC(=O)N1CCC(C=O)(c2ccc(Cl)c(CC(C)(C)OC(=O)N3CCC(c4ccc(Cl)cc4)(C4CO4)CC3)c2)CC1. The lowest BCUT2D eigenvalue weighted by molar-refractivity contribution is -0.114. The first-order valence-corrected chi connectivity index (χ1v) is 16.5. The zero-order valence-electron chi connectivity index (χ0n) is 26.9. The Kier molecular flexibility index (Phi) is 9.52. The molecule has 2 aromatic carbocycles. The molecular weight excluding hydrogens is 615 g/mol. The van der Waals surface area contributed by atoms with Gasteiger partial charge in [0.25, 0.3) is 0 Å². The molecule has 3 fully saturated rings. The van der Waals surface area contributed by atoms with Gasteiger partial charge in [-0.2, -0.15) is 0 Å². The van der Waals surface area contributed by atoms with Crippen molar-refractivity contribution in [2.45, 2.75) is 94.9 Å². The van der Waals surface area contributed by atoms with Gasteiger partial charge in [0, 0.05) is 48.1 Å². The van der Waals surface area contributed by atoms with E-state index < -0.39 is 16.6 Å². The third-order valence-corrected chi connectivity index (χ3v) is 10.0. The van der Waals surface area contributed by atoms with Crippen LogP contribution in [0.1, 0.15) is 77.0 Å². The Morgan fingerprint density at radius 1 is 0.867 bits per heavy atom. The Balaban J connectivity index is 1.22. The molecule has 0 bridgehead atoms. The fourth-order valence-electron chi connectivity index (χ4n) is 6.74. The highest BCUT2D eigenvalue weighted by atomic mass is 35.5. The standard InChI is InChI=1S/C35H44Cl2N2O6/c1-32(2,3)44-30(41)38-16-12-34(23-40,13-17-38)26-8-11-28(37)24(20-26)21-33(4,5)45-31(42)39-18-14-35(15-19-39,29-22-43-29)25-6-9-27(36)10-7-25/h6-11,20,23,29H,12-19,21-22H2,1-5H3. The summed E-state index contributed by atoms with van der Waals surface area (Å²) in [6, 6.07) is 13.6. The number of piperidine rings is 2. The van der Waals surface area contributed by atoms with E-state index in [0.29, 0.717) is 55.5 Å². The summed E-state index contributed by atoms with van der Waals surface area (Å²) in [5, 5.41) is 1.25. The maximum absolute atomic E-state index is 13.4. The van der Waals surface area contributed by atoms with E-state index in [9.17, 15) is 14.4 Å².